The lowest BCUT2D eigenvalue weighted by atomic mass is 10.1. The molecule has 0 aromatic heterocycles. The van der Waals surface area contributed by atoms with Crippen LogP contribution in [0.25, 0.3) is 0 Å². The molecule has 0 aliphatic heterocycles. The van der Waals surface area contributed by atoms with Crippen molar-refractivity contribution in [2.75, 3.05) is 5.32 Å². The lowest BCUT2D eigenvalue weighted by Crippen LogP contribution is -2.04. The van der Waals surface area contributed by atoms with E-state index in [0.717, 1.165) is 5.56 Å². The van der Waals surface area contributed by atoms with Crippen LogP contribution in [0.15, 0.2) is 39.3 Å². The Morgan fingerprint density at radius 3 is 2.67 bits per heavy atom. The molecule has 0 atom stereocenters. The number of rotatable bonds is 4. The first kappa shape index (κ1) is 15.9. The third kappa shape index (κ3) is 3.79. The number of aryl methyl sites for hydroxylation is 1. The van der Waals surface area contributed by atoms with Gasteiger partial charge in [0.2, 0.25) is 0 Å². The number of nitrogens with zero attached hydrogens (tertiary/aromatic N) is 1. The van der Waals surface area contributed by atoms with Gasteiger partial charge in [0.15, 0.2) is 0 Å². The predicted molar refractivity (Wildman–Crippen MR) is 87.0 cm³/mol. The highest BCUT2D eigenvalue weighted by Gasteiger charge is 2.14. The zero-order valence-electron chi connectivity index (χ0n) is 11.0. The van der Waals surface area contributed by atoms with Crippen LogP contribution in [0.3, 0.4) is 0 Å². The second-order valence-electron chi connectivity index (χ2n) is 4.46. The molecular weight excluding hydrogens is 407 g/mol. The minimum absolute atomic E-state index is 0.0205. The highest BCUT2D eigenvalue weighted by Crippen LogP contribution is 2.27. The fraction of sp³-hybridized carbons (Fsp3) is 0.143. The maximum absolute atomic E-state index is 13.5. The van der Waals surface area contributed by atoms with Crippen molar-refractivity contribution in [3.05, 3.63) is 66.3 Å². The summed E-state index contributed by atoms with van der Waals surface area (Å²) >= 11 is 6.33. The van der Waals surface area contributed by atoms with E-state index in [1.54, 1.807) is 18.2 Å². The smallest absolute Gasteiger partial charge is 0.275 e. The highest BCUT2D eigenvalue weighted by atomic mass is 79.9. The standard InChI is InChI=1S/C14H11Br2FN2O2/c1-8-4-11(16)12(17)6-13(8)18-7-9-2-3-10(15)5-14(9)19(20)21/h2-6,18H,7H2,1H3. The van der Waals surface area contributed by atoms with Crippen LogP contribution in [0.5, 0.6) is 0 Å². The number of nitro benzene ring substituents is 1. The van der Waals surface area contributed by atoms with Crippen LogP contribution >= 0.6 is 31.9 Å². The summed E-state index contributed by atoms with van der Waals surface area (Å²) in [6.45, 7) is 2.08. The van der Waals surface area contributed by atoms with Gasteiger partial charge in [0.05, 0.1) is 9.40 Å². The van der Waals surface area contributed by atoms with E-state index >= 15 is 0 Å². The summed E-state index contributed by atoms with van der Waals surface area (Å²) in [7, 11) is 0. The van der Waals surface area contributed by atoms with Crippen LogP contribution in [0.1, 0.15) is 11.1 Å². The minimum Gasteiger partial charge on any atom is -0.380 e. The Morgan fingerprint density at radius 2 is 2.00 bits per heavy atom. The Labute approximate surface area is 137 Å². The molecule has 2 rings (SSSR count). The van der Waals surface area contributed by atoms with Crippen molar-refractivity contribution >= 4 is 43.2 Å². The third-order valence-corrected chi connectivity index (χ3v) is 4.08. The van der Waals surface area contributed by atoms with Crippen molar-refractivity contribution in [3.8, 4) is 0 Å². The Balaban J connectivity index is 2.25. The molecule has 0 aliphatic carbocycles. The first-order chi connectivity index (χ1) is 9.88. The molecule has 4 nitrogen and oxygen atoms in total. The summed E-state index contributed by atoms with van der Waals surface area (Å²) in [5.74, 6) is -0.381. The minimum atomic E-state index is -0.434. The van der Waals surface area contributed by atoms with Gasteiger partial charge >= 0.3 is 0 Å². The summed E-state index contributed by atoms with van der Waals surface area (Å²) in [4.78, 5) is 10.6. The van der Waals surface area contributed by atoms with Crippen molar-refractivity contribution in [2.24, 2.45) is 0 Å². The van der Waals surface area contributed by atoms with Gasteiger partial charge < -0.3 is 5.32 Å². The van der Waals surface area contributed by atoms with E-state index in [2.05, 4.69) is 37.2 Å². The van der Waals surface area contributed by atoms with Gasteiger partial charge in [-0.15, -0.1) is 0 Å². The molecule has 0 aliphatic rings. The fourth-order valence-corrected chi connectivity index (χ4v) is 2.69. The van der Waals surface area contributed by atoms with E-state index in [4.69, 9.17) is 0 Å². The molecule has 21 heavy (non-hydrogen) atoms. The average Bonchev–Trinajstić information content (AvgIpc) is 2.42. The van der Waals surface area contributed by atoms with Crippen molar-refractivity contribution in [1.82, 2.24) is 0 Å². The molecule has 1 N–H and O–H groups in total. The molecule has 0 radical (unpaired) electrons. The monoisotopic (exact) mass is 416 g/mol. The molecule has 0 spiro atoms. The molecule has 7 heteroatoms. The summed E-state index contributed by atoms with van der Waals surface area (Å²) < 4.78 is 14.6. The Hall–Kier alpha value is -1.47. The predicted octanol–water partition coefficient (Wildman–Crippen LogP) is 5.18. The number of nitrogens with one attached hydrogen (secondary N) is 1. The van der Waals surface area contributed by atoms with Crippen LogP contribution in [-0.2, 0) is 6.54 Å². The van der Waals surface area contributed by atoms with E-state index in [0.29, 0.717) is 20.2 Å². The number of hydrogen-bond donors (Lipinski definition) is 1. The molecule has 0 amide bonds. The lowest BCUT2D eigenvalue weighted by Gasteiger charge is -2.11. The molecule has 0 unspecified atom stereocenters. The van der Waals surface area contributed by atoms with Crippen molar-refractivity contribution in [3.63, 3.8) is 0 Å². The van der Waals surface area contributed by atoms with Gasteiger partial charge in [-0.2, -0.15) is 0 Å². The molecule has 0 bridgehead atoms. The second-order valence-corrected chi connectivity index (χ2v) is 6.23. The second kappa shape index (κ2) is 6.53. The van der Waals surface area contributed by atoms with Gasteiger partial charge in [-0.25, -0.2) is 4.39 Å². The van der Waals surface area contributed by atoms with E-state index in [1.165, 1.54) is 12.1 Å². The number of halogens is 3. The Morgan fingerprint density at radius 1 is 1.29 bits per heavy atom. The number of nitro groups is 1. The topological polar surface area (TPSA) is 55.2 Å². The van der Waals surface area contributed by atoms with Gasteiger partial charge in [0, 0.05) is 28.3 Å². The maximum Gasteiger partial charge on any atom is 0.275 e. The van der Waals surface area contributed by atoms with Gasteiger partial charge in [-0.3, -0.25) is 10.1 Å². The van der Waals surface area contributed by atoms with Crippen LogP contribution in [0, 0.1) is 22.9 Å². The molecule has 110 valence electrons. The van der Waals surface area contributed by atoms with E-state index in [-0.39, 0.29) is 18.0 Å². The third-order valence-electron chi connectivity index (χ3n) is 2.98. The number of benzene rings is 2. The molecule has 2 aromatic carbocycles. The van der Waals surface area contributed by atoms with Crippen LogP contribution in [0.2, 0.25) is 0 Å². The van der Waals surface area contributed by atoms with Crippen molar-refractivity contribution in [2.45, 2.75) is 13.5 Å². The zero-order valence-corrected chi connectivity index (χ0v) is 14.2. The Bertz CT molecular complexity index is 708. The van der Waals surface area contributed by atoms with E-state index in [1.807, 2.05) is 6.92 Å². The molecule has 0 saturated heterocycles. The Kier molecular flexibility index (Phi) is 4.95. The van der Waals surface area contributed by atoms with Crippen molar-refractivity contribution in [1.29, 1.82) is 0 Å². The number of hydrogen-bond acceptors (Lipinski definition) is 3. The average molecular weight is 418 g/mol. The van der Waals surface area contributed by atoms with Gasteiger partial charge in [0.25, 0.3) is 5.69 Å². The van der Waals surface area contributed by atoms with Crippen LogP contribution < -0.4 is 5.32 Å². The van der Waals surface area contributed by atoms with Gasteiger partial charge in [-0.1, -0.05) is 15.9 Å². The first-order valence-corrected chi connectivity index (χ1v) is 7.59. The lowest BCUT2D eigenvalue weighted by molar-refractivity contribution is -0.385. The molecule has 0 heterocycles. The maximum atomic E-state index is 13.5. The normalized spacial score (nSPS) is 10.5. The number of anilines is 1. The SMILES string of the molecule is Cc1cc(Br)c(F)cc1NCc1ccc(Br)cc1[N+](=O)[O-]. The summed E-state index contributed by atoms with van der Waals surface area (Å²) in [6, 6.07) is 7.88. The quantitative estimate of drug-likeness (QED) is 0.550. The van der Waals surface area contributed by atoms with Crippen LogP contribution in [0.4, 0.5) is 15.8 Å². The summed E-state index contributed by atoms with van der Waals surface area (Å²) in [5, 5.41) is 14.1. The fourth-order valence-electron chi connectivity index (χ4n) is 1.88. The van der Waals surface area contributed by atoms with Crippen molar-refractivity contribution < 1.29 is 9.31 Å². The van der Waals surface area contributed by atoms with Crippen LogP contribution in [-0.4, -0.2) is 4.92 Å². The first-order valence-electron chi connectivity index (χ1n) is 6.01. The molecular formula is C14H11Br2FN2O2. The summed E-state index contributed by atoms with van der Waals surface area (Å²) in [6.07, 6.45) is 0. The molecule has 0 saturated carbocycles. The van der Waals surface area contributed by atoms with E-state index in [9.17, 15) is 14.5 Å². The van der Waals surface area contributed by atoms with Gasteiger partial charge in [0.1, 0.15) is 5.82 Å². The molecule has 2 aromatic rings. The largest absolute Gasteiger partial charge is 0.380 e. The zero-order chi connectivity index (χ0) is 15.6. The van der Waals surface area contributed by atoms with Gasteiger partial charge in [-0.05, 0) is 52.7 Å². The van der Waals surface area contributed by atoms with E-state index < -0.39 is 4.92 Å². The summed E-state index contributed by atoms with van der Waals surface area (Å²) in [5.41, 5.74) is 2.01. The highest BCUT2D eigenvalue weighted by molar-refractivity contribution is 9.10. The molecule has 0 fully saturated rings.